The quantitative estimate of drug-likeness (QED) is 0.869. The molecule has 1 N–H and O–H groups in total. The van der Waals surface area contributed by atoms with Gasteiger partial charge in [-0.15, -0.1) is 0 Å². The Bertz CT molecular complexity index is 495. The molecule has 1 unspecified atom stereocenters. The van der Waals surface area contributed by atoms with E-state index in [0.29, 0.717) is 6.42 Å². The maximum absolute atomic E-state index is 10.2. The molecule has 2 aromatic rings. The number of aliphatic hydroxyl groups excluding tert-OH is 1. The summed E-state index contributed by atoms with van der Waals surface area (Å²) in [4.78, 5) is 0. The first-order valence-electron chi connectivity index (χ1n) is 6.24. The number of nitrogens with zero attached hydrogens (tertiary/aromatic N) is 4. The van der Waals surface area contributed by atoms with E-state index in [1.165, 1.54) is 0 Å². The Hall–Kier alpha value is -1.75. The van der Waals surface area contributed by atoms with E-state index in [0.717, 1.165) is 29.9 Å². The molecule has 0 aliphatic rings. The molecule has 5 heteroatoms. The number of rotatable bonds is 5. The number of aromatic nitrogens is 4. The summed E-state index contributed by atoms with van der Waals surface area (Å²) in [6.07, 6.45) is 4.08. The summed E-state index contributed by atoms with van der Waals surface area (Å²) in [6, 6.07) is 3.84. The molecule has 0 amide bonds. The Labute approximate surface area is 106 Å². The third-order valence-electron chi connectivity index (χ3n) is 2.97. The topological polar surface area (TPSA) is 63.8 Å². The van der Waals surface area contributed by atoms with Gasteiger partial charge in [0.25, 0.3) is 0 Å². The maximum atomic E-state index is 10.2. The summed E-state index contributed by atoms with van der Waals surface area (Å²) in [5, 5.41) is 22.1. The van der Waals surface area contributed by atoms with Crippen LogP contribution >= 0.6 is 0 Å². The highest BCUT2D eigenvalue weighted by molar-refractivity contribution is 5.16. The summed E-state index contributed by atoms with van der Waals surface area (Å²) >= 11 is 0. The first kappa shape index (κ1) is 12.7. The average Bonchev–Trinajstić information content (AvgIpc) is 2.82. The van der Waals surface area contributed by atoms with Crippen molar-refractivity contribution in [3.8, 4) is 0 Å². The number of aliphatic hydroxyl groups is 1. The van der Waals surface area contributed by atoms with E-state index >= 15 is 0 Å². The minimum Gasteiger partial charge on any atom is -0.388 e. The fraction of sp³-hybridized carbons (Fsp3) is 0.462. The molecule has 0 bridgehead atoms. The Morgan fingerprint density at radius 1 is 1.33 bits per heavy atom. The third kappa shape index (κ3) is 2.73. The van der Waals surface area contributed by atoms with Crippen molar-refractivity contribution >= 4 is 0 Å². The van der Waals surface area contributed by atoms with E-state index in [2.05, 4.69) is 35.2 Å². The largest absolute Gasteiger partial charge is 0.388 e. The van der Waals surface area contributed by atoms with Crippen molar-refractivity contribution in [3.63, 3.8) is 0 Å². The molecule has 0 fully saturated rings. The van der Waals surface area contributed by atoms with Crippen LogP contribution < -0.4 is 0 Å². The van der Waals surface area contributed by atoms with Gasteiger partial charge in [-0.1, -0.05) is 6.92 Å². The molecule has 2 rings (SSSR count). The first-order chi connectivity index (χ1) is 8.74. The van der Waals surface area contributed by atoms with Gasteiger partial charge in [-0.05, 0) is 25.5 Å². The SMILES string of the molecule is CCc1cc(CC(O)c2ccnnc2)n(CC)n1. The highest BCUT2D eigenvalue weighted by Gasteiger charge is 2.13. The predicted octanol–water partition coefficient (Wildman–Crippen LogP) is 1.53. The molecular formula is C13H18N4O. The number of hydrogen-bond donors (Lipinski definition) is 1. The van der Waals surface area contributed by atoms with Crippen LogP contribution in [0.15, 0.2) is 24.5 Å². The second-order valence-electron chi connectivity index (χ2n) is 4.19. The fourth-order valence-electron chi connectivity index (χ4n) is 1.94. The summed E-state index contributed by atoms with van der Waals surface area (Å²) in [5.41, 5.74) is 2.90. The van der Waals surface area contributed by atoms with Gasteiger partial charge in [0.2, 0.25) is 0 Å². The Kier molecular flexibility index (Phi) is 4.04. The molecule has 2 heterocycles. The molecule has 96 valence electrons. The van der Waals surface area contributed by atoms with Crippen molar-refractivity contribution in [2.45, 2.75) is 39.3 Å². The van der Waals surface area contributed by atoms with Crippen molar-refractivity contribution in [1.29, 1.82) is 0 Å². The van der Waals surface area contributed by atoms with Crippen LogP contribution in [-0.4, -0.2) is 25.1 Å². The lowest BCUT2D eigenvalue weighted by atomic mass is 10.1. The molecule has 0 aromatic carbocycles. The number of aryl methyl sites for hydroxylation is 2. The molecule has 0 aliphatic heterocycles. The molecule has 0 saturated heterocycles. The van der Waals surface area contributed by atoms with Gasteiger partial charge < -0.3 is 5.11 Å². The van der Waals surface area contributed by atoms with Crippen LogP contribution in [0.2, 0.25) is 0 Å². The zero-order chi connectivity index (χ0) is 13.0. The van der Waals surface area contributed by atoms with Gasteiger partial charge in [0, 0.05) is 30.4 Å². The smallest absolute Gasteiger partial charge is 0.0861 e. The van der Waals surface area contributed by atoms with Gasteiger partial charge in [-0.2, -0.15) is 15.3 Å². The lowest BCUT2D eigenvalue weighted by Gasteiger charge is -2.10. The van der Waals surface area contributed by atoms with Crippen molar-refractivity contribution in [1.82, 2.24) is 20.0 Å². The van der Waals surface area contributed by atoms with Crippen LogP contribution in [0.4, 0.5) is 0 Å². The highest BCUT2D eigenvalue weighted by Crippen LogP contribution is 2.18. The first-order valence-corrected chi connectivity index (χ1v) is 6.24. The van der Waals surface area contributed by atoms with E-state index in [-0.39, 0.29) is 0 Å². The van der Waals surface area contributed by atoms with Gasteiger partial charge >= 0.3 is 0 Å². The van der Waals surface area contributed by atoms with Crippen LogP contribution in [0, 0.1) is 0 Å². The second kappa shape index (κ2) is 5.73. The zero-order valence-corrected chi connectivity index (χ0v) is 10.7. The highest BCUT2D eigenvalue weighted by atomic mass is 16.3. The summed E-state index contributed by atoms with van der Waals surface area (Å²) in [7, 11) is 0. The van der Waals surface area contributed by atoms with E-state index in [4.69, 9.17) is 0 Å². The lowest BCUT2D eigenvalue weighted by molar-refractivity contribution is 0.175. The normalized spacial score (nSPS) is 12.6. The van der Waals surface area contributed by atoms with Crippen LogP contribution in [0.25, 0.3) is 0 Å². The monoisotopic (exact) mass is 246 g/mol. The van der Waals surface area contributed by atoms with Crippen molar-refractivity contribution in [3.05, 3.63) is 41.5 Å². The number of hydrogen-bond acceptors (Lipinski definition) is 4. The molecule has 0 radical (unpaired) electrons. The van der Waals surface area contributed by atoms with Crippen LogP contribution in [-0.2, 0) is 19.4 Å². The lowest BCUT2D eigenvalue weighted by Crippen LogP contribution is -2.08. The minimum absolute atomic E-state index is 0.548. The van der Waals surface area contributed by atoms with E-state index in [9.17, 15) is 5.11 Å². The average molecular weight is 246 g/mol. The second-order valence-corrected chi connectivity index (χ2v) is 4.19. The molecule has 0 aliphatic carbocycles. The molecular weight excluding hydrogens is 228 g/mol. The summed E-state index contributed by atoms with van der Waals surface area (Å²) in [6.45, 7) is 4.95. The van der Waals surface area contributed by atoms with Gasteiger partial charge in [-0.3, -0.25) is 4.68 Å². The molecule has 0 saturated carbocycles. The minimum atomic E-state index is -0.563. The van der Waals surface area contributed by atoms with Crippen LogP contribution in [0.3, 0.4) is 0 Å². The fourth-order valence-corrected chi connectivity index (χ4v) is 1.94. The molecule has 2 aromatic heterocycles. The van der Waals surface area contributed by atoms with Gasteiger partial charge in [0.05, 0.1) is 18.0 Å². The summed E-state index contributed by atoms with van der Waals surface area (Å²) < 4.78 is 1.94. The van der Waals surface area contributed by atoms with Crippen molar-refractivity contribution in [2.24, 2.45) is 0 Å². The predicted molar refractivity (Wildman–Crippen MR) is 68.0 cm³/mol. The molecule has 0 spiro atoms. The van der Waals surface area contributed by atoms with E-state index in [1.807, 2.05) is 4.68 Å². The Morgan fingerprint density at radius 2 is 2.17 bits per heavy atom. The van der Waals surface area contributed by atoms with Crippen LogP contribution in [0.5, 0.6) is 0 Å². The standard InChI is InChI=1S/C13H18N4O/c1-3-11-7-12(17(4-2)16-11)8-13(18)10-5-6-14-15-9-10/h5-7,9,13,18H,3-4,8H2,1-2H3. The van der Waals surface area contributed by atoms with Crippen molar-refractivity contribution in [2.75, 3.05) is 0 Å². The van der Waals surface area contributed by atoms with Gasteiger partial charge in [0.1, 0.15) is 0 Å². The van der Waals surface area contributed by atoms with E-state index < -0.39 is 6.10 Å². The molecule has 1 atom stereocenters. The Balaban J connectivity index is 2.16. The van der Waals surface area contributed by atoms with Crippen molar-refractivity contribution < 1.29 is 5.11 Å². The van der Waals surface area contributed by atoms with Gasteiger partial charge in [-0.25, -0.2) is 0 Å². The Morgan fingerprint density at radius 3 is 2.78 bits per heavy atom. The molecule has 5 nitrogen and oxygen atoms in total. The third-order valence-corrected chi connectivity index (χ3v) is 2.97. The molecule has 18 heavy (non-hydrogen) atoms. The van der Waals surface area contributed by atoms with E-state index in [1.54, 1.807) is 18.5 Å². The zero-order valence-electron chi connectivity index (χ0n) is 10.7. The maximum Gasteiger partial charge on any atom is 0.0861 e. The van der Waals surface area contributed by atoms with Crippen LogP contribution in [0.1, 0.15) is 36.9 Å². The summed E-state index contributed by atoms with van der Waals surface area (Å²) in [5.74, 6) is 0. The van der Waals surface area contributed by atoms with Gasteiger partial charge in [0.15, 0.2) is 0 Å².